The Bertz CT molecular complexity index is 1030. The van der Waals surface area contributed by atoms with E-state index < -0.39 is 11.8 Å². The Hall–Kier alpha value is -2.87. The van der Waals surface area contributed by atoms with Crippen LogP contribution in [0, 0.1) is 12.8 Å². The lowest BCUT2D eigenvalue weighted by molar-refractivity contribution is -0.122. The first-order valence-electron chi connectivity index (χ1n) is 10.1. The molecule has 8 heteroatoms. The van der Waals surface area contributed by atoms with Crippen molar-refractivity contribution in [2.45, 2.75) is 39.0 Å². The van der Waals surface area contributed by atoms with Crippen LogP contribution >= 0.6 is 11.3 Å². The lowest BCUT2D eigenvalue weighted by atomic mass is 9.95. The van der Waals surface area contributed by atoms with Crippen molar-refractivity contribution in [2.24, 2.45) is 11.7 Å². The molecule has 0 saturated carbocycles. The number of aryl methyl sites for hydroxylation is 2. The third-order valence-corrected chi connectivity index (χ3v) is 6.98. The summed E-state index contributed by atoms with van der Waals surface area (Å²) in [4.78, 5) is 40.4. The number of primary amides is 1. The molecule has 2 aromatic rings. The zero-order valence-electron chi connectivity index (χ0n) is 17.1. The summed E-state index contributed by atoms with van der Waals surface area (Å²) in [5, 5.41) is 3.40. The average molecular weight is 428 g/mol. The number of nitrogens with one attached hydrogen (secondary N) is 1. The van der Waals surface area contributed by atoms with Gasteiger partial charge < -0.3 is 20.7 Å². The summed E-state index contributed by atoms with van der Waals surface area (Å²) < 4.78 is 5.40. The van der Waals surface area contributed by atoms with E-state index in [1.54, 1.807) is 12.0 Å². The number of ether oxygens (including phenoxy) is 1. The molecule has 1 unspecified atom stereocenters. The highest BCUT2D eigenvalue weighted by molar-refractivity contribution is 7.17. The van der Waals surface area contributed by atoms with Crippen molar-refractivity contribution in [3.05, 3.63) is 39.8 Å². The molecular formula is C22H25N3O4S. The van der Waals surface area contributed by atoms with Gasteiger partial charge in [-0.1, -0.05) is 6.07 Å². The molecular weight excluding hydrogens is 402 g/mol. The van der Waals surface area contributed by atoms with Gasteiger partial charge in [-0.3, -0.25) is 14.4 Å². The Balaban J connectivity index is 1.55. The molecule has 1 fully saturated rings. The summed E-state index contributed by atoms with van der Waals surface area (Å²) in [6.45, 7) is 2.21. The first kappa shape index (κ1) is 20.4. The summed E-state index contributed by atoms with van der Waals surface area (Å²) in [6, 6.07) is 5.62. The molecule has 1 saturated heterocycles. The van der Waals surface area contributed by atoms with E-state index in [-0.39, 0.29) is 24.8 Å². The fourth-order valence-corrected chi connectivity index (χ4v) is 5.55. The zero-order valence-corrected chi connectivity index (χ0v) is 17.9. The van der Waals surface area contributed by atoms with Crippen LogP contribution in [-0.2, 0) is 22.4 Å². The molecule has 7 nitrogen and oxygen atoms in total. The molecule has 0 radical (unpaired) electrons. The molecule has 3 N–H and O–H groups in total. The minimum absolute atomic E-state index is 0.111. The number of hydrogen-bond acceptors (Lipinski definition) is 5. The Morgan fingerprint density at radius 1 is 1.27 bits per heavy atom. The van der Waals surface area contributed by atoms with Crippen molar-refractivity contribution >= 4 is 39.7 Å². The van der Waals surface area contributed by atoms with Crippen LogP contribution < -0.4 is 20.7 Å². The van der Waals surface area contributed by atoms with Crippen LogP contribution in [0.4, 0.5) is 10.7 Å². The number of nitrogens with two attached hydrogens (primary N) is 1. The van der Waals surface area contributed by atoms with Gasteiger partial charge in [-0.05, 0) is 55.9 Å². The number of thiophene rings is 1. The Morgan fingerprint density at radius 2 is 2.03 bits per heavy atom. The standard InChI is InChI=1S/C22H25N3O4S/c1-12-7-8-16(29-2)15(9-12)25-11-13(10-18(25)26)21(28)24-22-19(20(23)27)14-5-3-4-6-17(14)30-22/h7-9,13H,3-6,10-11H2,1-2H3,(H2,23,27)(H,24,28). The lowest BCUT2D eigenvalue weighted by Gasteiger charge is -2.20. The molecule has 158 valence electrons. The predicted molar refractivity (Wildman–Crippen MR) is 116 cm³/mol. The maximum absolute atomic E-state index is 13.0. The zero-order chi connectivity index (χ0) is 21.4. The Morgan fingerprint density at radius 3 is 2.77 bits per heavy atom. The normalized spacial score (nSPS) is 18.3. The smallest absolute Gasteiger partial charge is 0.251 e. The van der Waals surface area contributed by atoms with Crippen LogP contribution in [0.25, 0.3) is 0 Å². The highest BCUT2D eigenvalue weighted by atomic mass is 32.1. The fourth-order valence-electron chi connectivity index (χ4n) is 4.26. The number of amides is 3. The van der Waals surface area contributed by atoms with Gasteiger partial charge in [-0.25, -0.2) is 0 Å². The molecule has 1 aliphatic heterocycles. The molecule has 0 bridgehead atoms. The molecule has 1 aliphatic carbocycles. The number of carbonyl (C=O) groups is 3. The Kier molecular flexibility index (Phi) is 5.51. The van der Waals surface area contributed by atoms with Gasteiger partial charge in [0.25, 0.3) is 5.91 Å². The molecule has 1 aromatic heterocycles. The second kappa shape index (κ2) is 8.10. The largest absolute Gasteiger partial charge is 0.495 e. The first-order valence-corrected chi connectivity index (χ1v) is 10.9. The van der Waals surface area contributed by atoms with E-state index in [4.69, 9.17) is 10.5 Å². The number of nitrogens with zero attached hydrogens (tertiary/aromatic N) is 1. The summed E-state index contributed by atoms with van der Waals surface area (Å²) in [6.07, 6.45) is 3.91. The maximum atomic E-state index is 13.0. The van der Waals surface area contributed by atoms with Gasteiger partial charge in [0.1, 0.15) is 10.8 Å². The van der Waals surface area contributed by atoms with Crippen LogP contribution in [0.1, 0.15) is 45.6 Å². The van der Waals surface area contributed by atoms with E-state index in [1.807, 2.05) is 25.1 Å². The van der Waals surface area contributed by atoms with Crippen LogP contribution in [-0.4, -0.2) is 31.4 Å². The minimum atomic E-state index is -0.515. The molecule has 4 rings (SSSR count). The SMILES string of the molecule is COc1ccc(C)cc1N1CC(C(=O)Nc2sc3c(c2C(N)=O)CCCC3)CC1=O. The number of rotatable bonds is 5. The van der Waals surface area contributed by atoms with Crippen molar-refractivity contribution < 1.29 is 19.1 Å². The van der Waals surface area contributed by atoms with Gasteiger partial charge in [0.05, 0.1) is 24.3 Å². The van der Waals surface area contributed by atoms with E-state index in [0.717, 1.165) is 41.7 Å². The second-order valence-electron chi connectivity index (χ2n) is 7.85. The van der Waals surface area contributed by atoms with Crippen molar-refractivity contribution in [1.82, 2.24) is 0 Å². The van der Waals surface area contributed by atoms with Crippen molar-refractivity contribution in [1.29, 1.82) is 0 Å². The number of anilines is 2. The first-order chi connectivity index (χ1) is 14.4. The molecule has 0 spiro atoms. The van der Waals surface area contributed by atoms with Crippen LogP contribution in [0.2, 0.25) is 0 Å². The van der Waals surface area contributed by atoms with Crippen LogP contribution in [0.5, 0.6) is 5.75 Å². The average Bonchev–Trinajstić information content (AvgIpc) is 3.28. The second-order valence-corrected chi connectivity index (χ2v) is 8.95. The van der Waals surface area contributed by atoms with Gasteiger partial charge in [-0.15, -0.1) is 11.3 Å². The van der Waals surface area contributed by atoms with Crippen molar-refractivity contribution in [2.75, 3.05) is 23.9 Å². The van der Waals surface area contributed by atoms with Gasteiger partial charge in [0, 0.05) is 17.8 Å². The maximum Gasteiger partial charge on any atom is 0.251 e. The van der Waals surface area contributed by atoms with E-state index in [9.17, 15) is 14.4 Å². The number of carbonyl (C=O) groups excluding carboxylic acids is 3. The predicted octanol–water partition coefficient (Wildman–Crippen LogP) is 3.03. The van der Waals surface area contributed by atoms with E-state index in [1.165, 1.54) is 11.3 Å². The summed E-state index contributed by atoms with van der Waals surface area (Å²) in [5.41, 5.74) is 8.70. The van der Waals surface area contributed by atoms with Crippen molar-refractivity contribution in [3.63, 3.8) is 0 Å². The minimum Gasteiger partial charge on any atom is -0.495 e. The molecule has 1 atom stereocenters. The fraction of sp³-hybridized carbons (Fsp3) is 0.409. The van der Waals surface area contributed by atoms with Crippen LogP contribution in [0.15, 0.2) is 18.2 Å². The summed E-state index contributed by atoms with van der Waals surface area (Å²) >= 11 is 1.43. The quantitative estimate of drug-likeness (QED) is 0.766. The number of methoxy groups -OCH3 is 1. The summed E-state index contributed by atoms with van der Waals surface area (Å²) in [7, 11) is 1.56. The molecule has 3 amide bonds. The molecule has 2 aliphatic rings. The topological polar surface area (TPSA) is 102 Å². The Labute approximate surface area is 179 Å². The van der Waals surface area contributed by atoms with E-state index in [2.05, 4.69) is 5.32 Å². The number of hydrogen-bond donors (Lipinski definition) is 2. The summed E-state index contributed by atoms with van der Waals surface area (Å²) in [5.74, 6) is -0.823. The number of fused-ring (bicyclic) bond motifs is 1. The van der Waals surface area contributed by atoms with Crippen molar-refractivity contribution in [3.8, 4) is 5.75 Å². The van der Waals surface area contributed by atoms with Gasteiger partial charge in [0.15, 0.2) is 0 Å². The molecule has 30 heavy (non-hydrogen) atoms. The molecule has 1 aromatic carbocycles. The van der Waals surface area contributed by atoms with E-state index >= 15 is 0 Å². The highest BCUT2D eigenvalue weighted by Crippen LogP contribution is 2.39. The molecule has 2 heterocycles. The highest BCUT2D eigenvalue weighted by Gasteiger charge is 2.37. The van der Waals surface area contributed by atoms with Crippen LogP contribution in [0.3, 0.4) is 0 Å². The van der Waals surface area contributed by atoms with Gasteiger partial charge >= 0.3 is 0 Å². The number of benzene rings is 1. The van der Waals surface area contributed by atoms with E-state index in [0.29, 0.717) is 22.0 Å². The third kappa shape index (κ3) is 3.67. The monoisotopic (exact) mass is 427 g/mol. The lowest BCUT2D eigenvalue weighted by Crippen LogP contribution is -2.29. The third-order valence-electron chi connectivity index (χ3n) is 5.78. The van der Waals surface area contributed by atoms with Gasteiger partial charge in [0.2, 0.25) is 11.8 Å². The van der Waals surface area contributed by atoms with Gasteiger partial charge in [-0.2, -0.15) is 0 Å².